The molecular formula is C12H19N3O4S. The fourth-order valence-corrected chi connectivity index (χ4v) is 2.89. The van der Waals surface area contributed by atoms with Crippen LogP contribution in [0.15, 0.2) is 23.1 Å². The second-order valence-corrected chi connectivity index (χ2v) is 5.82. The van der Waals surface area contributed by atoms with Gasteiger partial charge in [-0.2, -0.15) is 4.72 Å². The minimum atomic E-state index is -3.87. The molecule has 20 heavy (non-hydrogen) atoms. The van der Waals surface area contributed by atoms with Crippen molar-refractivity contribution in [1.29, 1.82) is 0 Å². The number of carbonyl (C=O) groups excluding carboxylic acids is 1. The number of nitrogen functional groups attached to an aromatic ring is 1. The van der Waals surface area contributed by atoms with Gasteiger partial charge in [-0.1, -0.05) is 0 Å². The lowest BCUT2D eigenvalue weighted by molar-refractivity contribution is -0.122. The molecule has 4 N–H and O–H groups in total. The van der Waals surface area contributed by atoms with E-state index in [1.54, 1.807) is 6.92 Å². The van der Waals surface area contributed by atoms with E-state index in [-0.39, 0.29) is 10.6 Å². The van der Waals surface area contributed by atoms with E-state index >= 15 is 0 Å². The van der Waals surface area contributed by atoms with Gasteiger partial charge in [-0.3, -0.25) is 4.79 Å². The van der Waals surface area contributed by atoms with Gasteiger partial charge in [0.1, 0.15) is 10.6 Å². The van der Waals surface area contributed by atoms with Crippen molar-refractivity contribution >= 4 is 21.6 Å². The Kier molecular flexibility index (Phi) is 5.34. The van der Waals surface area contributed by atoms with E-state index in [1.165, 1.54) is 32.2 Å². The maximum Gasteiger partial charge on any atom is 0.243 e. The summed E-state index contributed by atoms with van der Waals surface area (Å²) in [6.07, 6.45) is 0. The van der Waals surface area contributed by atoms with E-state index in [4.69, 9.17) is 10.5 Å². The molecule has 0 fully saturated rings. The van der Waals surface area contributed by atoms with Crippen molar-refractivity contribution in [3.8, 4) is 5.75 Å². The maximum absolute atomic E-state index is 12.2. The van der Waals surface area contributed by atoms with Gasteiger partial charge in [-0.25, -0.2) is 8.42 Å². The van der Waals surface area contributed by atoms with Crippen LogP contribution >= 0.6 is 0 Å². The highest BCUT2D eigenvalue weighted by Gasteiger charge is 2.23. The van der Waals surface area contributed by atoms with E-state index in [0.717, 1.165) is 0 Å². The summed E-state index contributed by atoms with van der Waals surface area (Å²) >= 11 is 0. The largest absolute Gasteiger partial charge is 0.497 e. The first-order valence-corrected chi connectivity index (χ1v) is 7.53. The number of ether oxygens (including phenoxy) is 1. The van der Waals surface area contributed by atoms with Crippen LogP contribution in [0.25, 0.3) is 0 Å². The number of amides is 1. The van der Waals surface area contributed by atoms with Crippen molar-refractivity contribution in [2.75, 3.05) is 19.4 Å². The Balaban J connectivity index is 2.97. The lowest BCUT2D eigenvalue weighted by atomic mass is 10.3. The number of carbonyl (C=O) groups is 1. The third kappa shape index (κ3) is 3.84. The number of likely N-dealkylation sites (N-methyl/N-ethyl adjacent to an activating group) is 1. The third-order valence-corrected chi connectivity index (χ3v) is 4.20. The SMILES string of the molecule is CCNC(=O)C(C)NS(=O)(=O)c1ccc(OC)cc1N. The Morgan fingerprint density at radius 2 is 2.10 bits per heavy atom. The monoisotopic (exact) mass is 301 g/mol. The maximum atomic E-state index is 12.2. The Bertz CT molecular complexity index is 586. The van der Waals surface area contributed by atoms with Crippen LogP contribution in [-0.2, 0) is 14.8 Å². The van der Waals surface area contributed by atoms with Crippen molar-refractivity contribution in [3.05, 3.63) is 18.2 Å². The summed E-state index contributed by atoms with van der Waals surface area (Å²) in [7, 11) is -2.41. The van der Waals surface area contributed by atoms with Gasteiger partial charge < -0.3 is 15.8 Å². The third-order valence-electron chi connectivity index (χ3n) is 2.58. The first kappa shape index (κ1) is 16.3. The first-order chi connectivity index (χ1) is 9.31. The summed E-state index contributed by atoms with van der Waals surface area (Å²) in [4.78, 5) is 11.5. The lowest BCUT2D eigenvalue weighted by Crippen LogP contribution is -2.44. The Labute approximate surface area is 118 Å². The van der Waals surface area contributed by atoms with E-state index in [1.807, 2.05) is 0 Å². The molecule has 0 spiro atoms. The zero-order valence-electron chi connectivity index (χ0n) is 11.6. The van der Waals surface area contributed by atoms with Crippen molar-refractivity contribution < 1.29 is 17.9 Å². The number of hydrogen-bond acceptors (Lipinski definition) is 5. The zero-order chi connectivity index (χ0) is 15.3. The molecule has 1 amide bonds. The fourth-order valence-electron chi connectivity index (χ4n) is 1.58. The Morgan fingerprint density at radius 1 is 1.45 bits per heavy atom. The molecule has 7 nitrogen and oxygen atoms in total. The molecule has 1 unspecified atom stereocenters. The van der Waals surface area contributed by atoms with Gasteiger partial charge in [0, 0.05) is 12.6 Å². The highest BCUT2D eigenvalue weighted by molar-refractivity contribution is 7.89. The molecule has 0 saturated heterocycles. The summed E-state index contributed by atoms with van der Waals surface area (Å²) in [6, 6.07) is 3.34. The second kappa shape index (κ2) is 6.58. The van der Waals surface area contributed by atoms with Crippen LogP contribution < -0.4 is 20.5 Å². The number of nitrogens with one attached hydrogen (secondary N) is 2. The lowest BCUT2D eigenvalue weighted by Gasteiger charge is -2.15. The van der Waals surface area contributed by atoms with E-state index < -0.39 is 22.0 Å². The molecule has 8 heteroatoms. The van der Waals surface area contributed by atoms with Crippen molar-refractivity contribution in [1.82, 2.24) is 10.0 Å². The molecule has 1 aromatic carbocycles. The molecule has 0 aromatic heterocycles. The molecule has 0 bridgehead atoms. The quantitative estimate of drug-likeness (QED) is 0.644. The van der Waals surface area contributed by atoms with Crippen LogP contribution in [0.1, 0.15) is 13.8 Å². The molecule has 1 aromatic rings. The first-order valence-electron chi connectivity index (χ1n) is 6.05. The smallest absolute Gasteiger partial charge is 0.243 e. The van der Waals surface area contributed by atoms with Gasteiger partial charge >= 0.3 is 0 Å². The molecule has 1 rings (SSSR count). The van der Waals surface area contributed by atoms with Crippen LogP contribution in [0.4, 0.5) is 5.69 Å². The number of anilines is 1. The van der Waals surface area contributed by atoms with Crippen molar-refractivity contribution in [2.45, 2.75) is 24.8 Å². The van der Waals surface area contributed by atoms with Gasteiger partial charge in [0.25, 0.3) is 0 Å². The fraction of sp³-hybridized carbons (Fsp3) is 0.417. The van der Waals surface area contributed by atoms with E-state index in [9.17, 15) is 13.2 Å². The summed E-state index contributed by atoms with van der Waals surface area (Å²) in [5.41, 5.74) is 5.75. The molecule has 0 aliphatic carbocycles. The molecule has 0 aliphatic rings. The van der Waals surface area contributed by atoms with Gasteiger partial charge in [-0.15, -0.1) is 0 Å². The molecule has 112 valence electrons. The molecular weight excluding hydrogens is 282 g/mol. The van der Waals surface area contributed by atoms with Gasteiger partial charge in [-0.05, 0) is 26.0 Å². The summed E-state index contributed by atoms with van der Waals surface area (Å²) in [5.74, 6) is 0.0568. The van der Waals surface area contributed by atoms with E-state index in [0.29, 0.717) is 12.3 Å². The summed E-state index contributed by atoms with van der Waals surface area (Å²) < 4.78 is 31.5. The number of sulfonamides is 1. The Hall–Kier alpha value is -1.80. The Morgan fingerprint density at radius 3 is 2.60 bits per heavy atom. The zero-order valence-corrected chi connectivity index (χ0v) is 12.5. The number of rotatable bonds is 6. The summed E-state index contributed by atoms with van der Waals surface area (Å²) in [6.45, 7) is 3.64. The number of benzene rings is 1. The van der Waals surface area contributed by atoms with Crippen LogP contribution in [0.2, 0.25) is 0 Å². The number of hydrogen-bond donors (Lipinski definition) is 3. The minimum Gasteiger partial charge on any atom is -0.497 e. The average Bonchev–Trinajstić information content (AvgIpc) is 2.37. The second-order valence-electron chi connectivity index (χ2n) is 4.14. The molecule has 0 heterocycles. The normalized spacial score (nSPS) is 12.8. The number of nitrogens with two attached hydrogens (primary N) is 1. The topological polar surface area (TPSA) is 111 Å². The predicted octanol–water partition coefficient (Wildman–Crippen LogP) is 0.0803. The predicted molar refractivity (Wildman–Crippen MR) is 75.9 cm³/mol. The highest BCUT2D eigenvalue weighted by Crippen LogP contribution is 2.23. The molecule has 0 aliphatic heterocycles. The average molecular weight is 301 g/mol. The highest BCUT2D eigenvalue weighted by atomic mass is 32.2. The van der Waals surface area contributed by atoms with Crippen molar-refractivity contribution in [2.24, 2.45) is 0 Å². The van der Waals surface area contributed by atoms with Crippen LogP contribution in [0, 0.1) is 0 Å². The standard InChI is InChI=1S/C12H19N3O4S/c1-4-14-12(16)8(2)15-20(17,18)11-6-5-9(19-3)7-10(11)13/h5-8,15H,4,13H2,1-3H3,(H,14,16). The summed E-state index contributed by atoms with van der Waals surface area (Å²) in [5, 5.41) is 2.54. The van der Waals surface area contributed by atoms with Gasteiger partial charge in [0.05, 0.1) is 18.8 Å². The van der Waals surface area contributed by atoms with Crippen LogP contribution in [-0.4, -0.2) is 34.0 Å². The van der Waals surface area contributed by atoms with Crippen molar-refractivity contribution in [3.63, 3.8) is 0 Å². The number of methoxy groups -OCH3 is 1. The van der Waals surface area contributed by atoms with Gasteiger partial charge in [0.2, 0.25) is 15.9 Å². The van der Waals surface area contributed by atoms with Gasteiger partial charge in [0.15, 0.2) is 0 Å². The molecule has 0 radical (unpaired) electrons. The van der Waals surface area contributed by atoms with Crippen LogP contribution in [0.3, 0.4) is 0 Å². The minimum absolute atomic E-state index is 0.0555. The molecule has 0 saturated carbocycles. The van der Waals surface area contributed by atoms with E-state index in [2.05, 4.69) is 10.0 Å². The van der Waals surface area contributed by atoms with Crippen LogP contribution in [0.5, 0.6) is 5.75 Å². The molecule has 1 atom stereocenters.